The Labute approximate surface area is 89.8 Å². The molecule has 0 saturated carbocycles. The fourth-order valence-corrected chi connectivity index (χ4v) is 1.41. The minimum Gasteiger partial charge on any atom is -0.309 e. The Hall–Kier alpha value is -0.330. The molecule has 1 N–H and O–H groups in total. The summed E-state index contributed by atoms with van der Waals surface area (Å²) in [5, 5.41) is 8.36. The predicted octanol–water partition coefficient (Wildman–Crippen LogP) is 4.37. The van der Waals surface area contributed by atoms with Crippen LogP contribution in [0.4, 0.5) is 0 Å². The van der Waals surface area contributed by atoms with Crippen LogP contribution >= 0.6 is 0 Å². The van der Waals surface area contributed by atoms with Gasteiger partial charge in [-0.3, -0.25) is 0 Å². The molecule has 0 aromatic carbocycles. The molecule has 0 atom stereocenters. The monoisotopic (exact) mass is 197 g/mol. The second-order valence-corrected chi connectivity index (χ2v) is 6.13. The number of nitrogens with one attached hydrogen (secondary N) is 1. The largest absolute Gasteiger partial charge is 0.309 e. The third kappa shape index (κ3) is 2.37. The summed E-state index contributed by atoms with van der Waals surface area (Å²) in [7, 11) is 0. The lowest BCUT2D eigenvalue weighted by Crippen LogP contribution is -2.42. The van der Waals surface area contributed by atoms with Gasteiger partial charge in [-0.05, 0) is 11.8 Å². The van der Waals surface area contributed by atoms with Crippen molar-refractivity contribution in [3.8, 4) is 0 Å². The molecule has 0 radical (unpaired) electrons. The van der Waals surface area contributed by atoms with Crippen molar-refractivity contribution in [2.24, 2.45) is 22.7 Å². The summed E-state index contributed by atoms with van der Waals surface area (Å²) in [6, 6.07) is 0. The van der Waals surface area contributed by atoms with E-state index < -0.39 is 0 Å². The Balaban J connectivity index is 4.96. The average Bonchev–Trinajstić information content (AvgIpc) is 2.02. The zero-order valence-corrected chi connectivity index (χ0v) is 11.2. The van der Waals surface area contributed by atoms with Gasteiger partial charge >= 0.3 is 0 Å². The van der Waals surface area contributed by atoms with Gasteiger partial charge in [-0.1, -0.05) is 55.4 Å². The maximum atomic E-state index is 8.36. The van der Waals surface area contributed by atoms with Crippen molar-refractivity contribution in [2.75, 3.05) is 0 Å². The van der Waals surface area contributed by atoms with Crippen LogP contribution in [0.2, 0.25) is 0 Å². The van der Waals surface area contributed by atoms with E-state index in [9.17, 15) is 0 Å². The first-order valence-corrected chi connectivity index (χ1v) is 5.64. The van der Waals surface area contributed by atoms with Gasteiger partial charge in [-0.2, -0.15) is 0 Å². The van der Waals surface area contributed by atoms with Crippen molar-refractivity contribution < 1.29 is 0 Å². The van der Waals surface area contributed by atoms with E-state index >= 15 is 0 Å². The Bertz CT molecular complexity index is 187. The highest BCUT2D eigenvalue weighted by molar-refractivity contribution is 5.92. The zero-order valence-electron chi connectivity index (χ0n) is 11.2. The van der Waals surface area contributed by atoms with E-state index in [0.717, 1.165) is 5.71 Å². The molecule has 0 aliphatic heterocycles. The lowest BCUT2D eigenvalue weighted by atomic mass is 9.64. The molecule has 0 aliphatic carbocycles. The normalized spacial score (nSPS) is 13.9. The zero-order chi connectivity index (χ0) is 11.7. The fourth-order valence-electron chi connectivity index (χ4n) is 1.41. The Morgan fingerprint density at radius 2 is 1.00 bits per heavy atom. The lowest BCUT2D eigenvalue weighted by molar-refractivity contribution is 0.281. The van der Waals surface area contributed by atoms with E-state index in [1.165, 1.54) is 0 Å². The lowest BCUT2D eigenvalue weighted by Gasteiger charge is -2.41. The first-order chi connectivity index (χ1) is 6.04. The van der Waals surface area contributed by atoms with Crippen molar-refractivity contribution in [1.29, 1.82) is 5.41 Å². The van der Waals surface area contributed by atoms with E-state index in [-0.39, 0.29) is 10.8 Å². The third-order valence-corrected chi connectivity index (χ3v) is 4.18. The molecule has 1 heteroatoms. The summed E-state index contributed by atoms with van der Waals surface area (Å²) in [5.41, 5.74) is 0.900. The Morgan fingerprint density at radius 1 is 0.786 bits per heavy atom. The van der Waals surface area contributed by atoms with Gasteiger partial charge in [-0.25, -0.2) is 0 Å². The van der Waals surface area contributed by atoms with Gasteiger partial charge < -0.3 is 5.41 Å². The summed E-state index contributed by atoms with van der Waals surface area (Å²) in [6.07, 6.45) is 0. The molecule has 84 valence electrons. The molecule has 0 bridgehead atoms. The van der Waals surface area contributed by atoms with Crippen molar-refractivity contribution in [1.82, 2.24) is 0 Å². The molecule has 0 aromatic heterocycles. The topological polar surface area (TPSA) is 23.9 Å². The number of hydrogen-bond donors (Lipinski definition) is 1. The van der Waals surface area contributed by atoms with Crippen LogP contribution in [-0.2, 0) is 0 Å². The Morgan fingerprint density at radius 3 is 1.14 bits per heavy atom. The van der Waals surface area contributed by atoms with Gasteiger partial charge in [0.05, 0.1) is 0 Å². The minimum atomic E-state index is 0.00771. The maximum Gasteiger partial charge on any atom is 0.0207 e. The second kappa shape index (κ2) is 4.04. The van der Waals surface area contributed by atoms with E-state index in [2.05, 4.69) is 55.4 Å². The number of hydrogen-bond acceptors (Lipinski definition) is 1. The molecule has 0 amide bonds. The van der Waals surface area contributed by atoms with Gasteiger partial charge in [0.2, 0.25) is 0 Å². The third-order valence-electron chi connectivity index (χ3n) is 4.18. The van der Waals surface area contributed by atoms with Crippen LogP contribution in [0.5, 0.6) is 0 Å². The molecule has 0 fully saturated rings. The second-order valence-electron chi connectivity index (χ2n) is 6.13. The SMILES string of the molecule is CC(C)C(C)(C)C(=N)C(C)(C)C(C)C. The van der Waals surface area contributed by atoms with Crippen LogP contribution in [0, 0.1) is 28.1 Å². The molecule has 0 heterocycles. The van der Waals surface area contributed by atoms with Gasteiger partial charge in [0.1, 0.15) is 0 Å². The first kappa shape index (κ1) is 13.7. The summed E-state index contributed by atoms with van der Waals surface area (Å²) < 4.78 is 0. The van der Waals surface area contributed by atoms with Gasteiger partial charge in [0.15, 0.2) is 0 Å². The van der Waals surface area contributed by atoms with Crippen LogP contribution < -0.4 is 0 Å². The van der Waals surface area contributed by atoms with Gasteiger partial charge in [-0.15, -0.1) is 0 Å². The van der Waals surface area contributed by atoms with Crippen molar-refractivity contribution in [3.05, 3.63) is 0 Å². The van der Waals surface area contributed by atoms with E-state index in [1.807, 2.05) is 0 Å². The smallest absolute Gasteiger partial charge is 0.0207 e. The maximum absolute atomic E-state index is 8.36. The van der Waals surface area contributed by atoms with Crippen molar-refractivity contribution in [2.45, 2.75) is 55.4 Å². The average molecular weight is 197 g/mol. The summed E-state index contributed by atoms with van der Waals surface area (Å²) in [5.74, 6) is 1.04. The van der Waals surface area contributed by atoms with Crippen molar-refractivity contribution >= 4 is 5.71 Å². The minimum absolute atomic E-state index is 0.00771. The molecule has 0 aliphatic rings. The van der Waals surface area contributed by atoms with E-state index in [4.69, 9.17) is 5.41 Å². The first-order valence-electron chi connectivity index (χ1n) is 5.64. The molecular formula is C13H27N. The van der Waals surface area contributed by atoms with Gasteiger partial charge in [0.25, 0.3) is 0 Å². The molecular weight excluding hydrogens is 170 g/mol. The van der Waals surface area contributed by atoms with Crippen LogP contribution in [-0.4, -0.2) is 5.71 Å². The highest BCUT2D eigenvalue weighted by Crippen LogP contribution is 2.39. The Kier molecular flexibility index (Phi) is 3.94. The molecule has 0 saturated heterocycles. The summed E-state index contributed by atoms with van der Waals surface area (Å²) >= 11 is 0. The summed E-state index contributed by atoms with van der Waals surface area (Å²) in [6.45, 7) is 17.5. The van der Waals surface area contributed by atoms with Crippen molar-refractivity contribution in [3.63, 3.8) is 0 Å². The molecule has 14 heavy (non-hydrogen) atoms. The molecule has 0 rings (SSSR count). The van der Waals surface area contributed by atoms with Crippen LogP contribution in [0.3, 0.4) is 0 Å². The predicted molar refractivity (Wildman–Crippen MR) is 65.0 cm³/mol. The highest BCUT2D eigenvalue weighted by Gasteiger charge is 2.38. The van der Waals surface area contributed by atoms with Crippen LogP contribution in [0.1, 0.15) is 55.4 Å². The van der Waals surface area contributed by atoms with Crippen LogP contribution in [0.25, 0.3) is 0 Å². The van der Waals surface area contributed by atoms with Gasteiger partial charge in [0, 0.05) is 16.5 Å². The highest BCUT2D eigenvalue weighted by atomic mass is 14.6. The van der Waals surface area contributed by atoms with Crippen LogP contribution in [0.15, 0.2) is 0 Å². The molecule has 0 aromatic rings. The number of rotatable bonds is 4. The standard InChI is InChI=1S/C13H27N/c1-9(2)12(5,6)11(14)13(7,8)10(3)4/h9-10,14H,1-8H3. The molecule has 0 unspecified atom stereocenters. The fraction of sp³-hybridized carbons (Fsp3) is 0.923. The van der Waals surface area contributed by atoms with E-state index in [0.29, 0.717) is 11.8 Å². The van der Waals surface area contributed by atoms with E-state index in [1.54, 1.807) is 0 Å². The molecule has 1 nitrogen and oxygen atoms in total. The molecule has 0 spiro atoms. The summed E-state index contributed by atoms with van der Waals surface area (Å²) in [4.78, 5) is 0. The quantitative estimate of drug-likeness (QED) is 0.647.